The zero-order valence-corrected chi connectivity index (χ0v) is 12.4. The number of hydrogen-bond donors (Lipinski definition) is 1. The van der Waals surface area contributed by atoms with E-state index in [1.165, 1.54) is 23.4 Å². The second kappa shape index (κ2) is 5.67. The predicted octanol–water partition coefficient (Wildman–Crippen LogP) is 1.52. The maximum Gasteiger partial charge on any atom is 0.243 e. The lowest BCUT2D eigenvalue weighted by Crippen LogP contribution is -2.45. The highest BCUT2D eigenvalue weighted by atomic mass is 32.2. The number of rotatable bonds is 3. The molecule has 0 saturated carbocycles. The van der Waals surface area contributed by atoms with Crippen molar-refractivity contribution in [2.24, 2.45) is 0 Å². The molecule has 20 heavy (non-hydrogen) atoms. The molecular weight excluding hydrogens is 283 g/mol. The summed E-state index contributed by atoms with van der Waals surface area (Å²) in [7, 11) is -3.66. The number of halogens is 1. The molecule has 7 heteroatoms. The average Bonchev–Trinajstić information content (AvgIpc) is 2.44. The minimum absolute atomic E-state index is 0.0330. The topological polar surface area (TPSA) is 72.6 Å². The highest BCUT2D eigenvalue weighted by Crippen LogP contribution is 2.25. The van der Waals surface area contributed by atoms with Crippen molar-refractivity contribution in [2.45, 2.75) is 31.3 Å². The Morgan fingerprint density at radius 2 is 2.20 bits per heavy atom. The van der Waals surface area contributed by atoms with Crippen LogP contribution in [0.15, 0.2) is 17.0 Å². The fourth-order valence-corrected chi connectivity index (χ4v) is 3.80. The Labute approximate surface area is 118 Å². The summed E-state index contributed by atoms with van der Waals surface area (Å²) < 4.78 is 45.5. The quantitative estimate of drug-likeness (QED) is 0.859. The number of hydrogen-bond acceptors (Lipinski definition) is 4. The largest absolute Gasteiger partial charge is 0.396 e. The van der Waals surface area contributed by atoms with Crippen LogP contribution in [0.25, 0.3) is 0 Å². The monoisotopic (exact) mass is 302 g/mol. The molecule has 1 fully saturated rings. The van der Waals surface area contributed by atoms with Gasteiger partial charge in [0.25, 0.3) is 0 Å². The van der Waals surface area contributed by atoms with E-state index < -0.39 is 15.8 Å². The number of nitrogens with two attached hydrogens (primary N) is 1. The van der Waals surface area contributed by atoms with Gasteiger partial charge in [-0.25, -0.2) is 12.8 Å². The van der Waals surface area contributed by atoms with Crippen molar-refractivity contribution in [3.8, 4) is 0 Å². The first-order valence-electron chi connectivity index (χ1n) is 6.53. The Balaban J connectivity index is 2.35. The highest BCUT2D eigenvalue weighted by molar-refractivity contribution is 7.89. The molecule has 0 aliphatic carbocycles. The molecule has 0 radical (unpaired) electrons. The Bertz CT molecular complexity index is 581. The third kappa shape index (κ3) is 2.79. The van der Waals surface area contributed by atoms with Gasteiger partial charge in [0.2, 0.25) is 10.0 Å². The number of sulfonamides is 1. The van der Waals surface area contributed by atoms with Gasteiger partial charge in [-0.3, -0.25) is 0 Å². The zero-order chi connectivity index (χ0) is 14.9. The summed E-state index contributed by atoms with van der Waals surface area (Å²) in [4.78, 5) is 0.0330. The first-order chi connectivity index (χ1) is 9.36. The normalized spacial score (nSPS) is 21.1. The first-order valence-corrected chi connectivity index (χ1v) is 7.97. The summed E-state index contributed by atoms with van der Waals surface area (Å²) >= 11 is 0. The molecular formula is C13H19FN2O3S. The van der Waals surface area contributed by atoms with Crippen molar-refractivity contribution < 1.29 is 17.5 Å². The van der Waals surface area contributed by atoms with Crippen molar-refractivity contribution in [1.82, 2.24) is 4.31 Å². The van der Waals surface area contributed by atoms with Gasteiger partial charge in [-0.15, -0.1) is 0 Å². The molecule has 2 rings (SSSR count). The summed E-state index contributed by atoms with van der Waals surface area (Å²) in [5, 5.41) is 0. The second-order valence-electron chi connectivity index (χ2n) is 4.91. The van der Waals surface area contributed by atoms with E-state index in [0.29, 0.717) is 19.7 Å². The van der Waals surface area contributed by atoms with Gasteiger partial charge in [0.15, 0.2) is 0 Å². The lowest BCUT2D eigenvalue weighted by atomic mass is 10.2. The lowest BCUT2D eigenvalue weighted by molar-refractivity contribution is -0.00277. The van der Waals surface area contributed by atoms with Gasteiger partial charge < -0.3 is 10.5 Å². The van der Waals surface area contributed by atoms with Crippen LogP contribution in [0.2, 0.25) is 0 Å². The molecule has 0 aromatic heterocycles. The van der Waals surface area contributed by atoms with Crippen LogP contribution in [0.4, 0.5) is 10.1 Å². The molecule has 0 amide bonds. The van der Waals surface area contributed by atoms with E-state index in [9.17, 15) is 12.8 Å². The van der Waals surface area contributed by atoms with Crippen molar-refractivity contribution in [3.63, 3.8) is 0 Å². The Morgan fingerprint density at radius 3 is 2.80 bits per heavy atom. The van der Waals surface area contributed by atoms with Crippen LogP contribution < -0.4 is 5.73 Å². The molecule has 112 valence electrons. The molecule has 0 bridgehead atoms. The van der Waals surface area contributed by atoms with Crippen LogP contribution in [0.1, 0.15) is 18.9 Å². The van der Waals surface area contributed by atoms with E-state index in [4.69, 9.17) is 10.5 Å². The molecule has 0 spiro atoms. The molecule has 1 unspecified atom stereocenters. The van der Waals surface area contributed by atoms with Crippen LogP contribution in [0.5, 0.6) is 0 Å². The zero-order valence-electron chi connectivity index (χ0n) is 11.6. The number of anilines is 1. The van der Waals surface area contributed by atoms with Gasteiger partial charge in [0.1, 0.15) is 5.82 Å². The van der Waals surface area contributed by atoms with Gasteiger partial charge in [0, 0.05) is 13.1 Å². The predicted molar refractivity (Wildman–Crippen MR) is 74.3 cm³/mol. The SMILES string of the molecule is CCC1CN(S(=O)(=O)c2cc(C)c(F)c(N)c2)CCO1. The maximum atomic E-state index is 13.5. The number of ether oxygens (including phenoxy) is 1. The van der Waals surface area contributed by atoms with Gasteiger partial charge >= 0.3 is 0 Å². The molecule has 1 aliphatic heterocycles. The first kappa shape index (κ1) is 15.2. The molecule has 1 heterocycles. The molecule has 1 aromatic rings. The molecule has 1 atom stereocenters. The number of morpholine rings is 1. The summed E-state index contributed by atoms with van der Waals surface area (Å²) in [6.07, 6.45) is 0.647. The van der Waals surface area contributed by atoms with Crippen LogP contribution in [-0.2, 0) is 14.8 Å². The van der Waals surface area contributed by atoms with E-state index in [1.54, 1.807) is 0 Å². The lowest BCUT2D eigenvalue weighted by Gasteiger charge is -2.31. The summed E-state index contributed by atoms with van der Waals surface area (Å²) in [6, 6.07) is 2.49. The molecule has 1 aliphatic rings. The summed E-state index contributed by atoms with van der Waals surface area (Å²) in [6.45, 7) is 4.43. The van der Waals surface area contributed by atoms with E-state index in [-0.39, 0.29) is 22.3 Å². The van der Waals surface area contributed by atoms with Crippen molar-refractivity contribution in [2.75, 3.05) is 25.4 Å². The van der Waals surface area contributed by atoms with Crippen LogP contribution in [-0.4, -0.2) is 38.5 Å². The Kier molecular flexibility index (Phi) is 4.31. The van der Waals surface area contributed by atoms with Crippen LogP contribution in [0, 0.1) is 12.7 Å². The van der Waals surface area contributed by atoms with Crippen molar-refractivity contribution >= 4 is 15.7 Å². The second-order valence-corrected chi connectivity index (χ2v) is 6.85. The third-order valence-electron chi connectivity index (χ3n) is 3.45. The number of benzene rings is 1. The average molecular weight is 302 g/mol. The van der Waals surface area contributed by atoms with Gasteiger partial charge in [0.05, 0.1) is 23.3 Å². The van der Waals surface area contributed by atoms with E-state index >= 15 is 0 Å². The fraction of sp³-hybridized carbons (Fsp3) is 0.538. The van der Waals surface area contributed by atoms with E-state index in [2.05, 4.69) is 0 Å². The van der Waals surface area contributed by atoms with Crippen LogP contribution in [0.3, 0.4) is 0 Å². The minimum atomic E-state index is -3.66. The standard InChI is InChI=1S/C13H19FN2O3S/c1-3-10-8-16(4-5-19-10)20(17,18)11-6-9(2)13(14)12(15)7-11/h6-7,10H,3-5,8,15H2,1-2H3. The number of nitrogens with zero attached hydrogens (tertiary/aromatic N) is 1. The van der Waals surface area contributed by atoms with Gasteiger partial charge in [-0.05, 0) is 31.0 Å². The molecule has 1 saturated heterocycles. The highest BCUT2D eigenvalue weighted by Gasteiger charge is 2.30. The Hall–Kier alpha value is -1.18. The number of aryl methyl sites for hydroxylation is 1. The van der Waals surface area contributed by atoms with Crippen molar-refractivity contribution in [3.05, 3.63) is 23.5 Å². The van der Waals surface area contributed by atoms with Gasteiger partial charge in [-0.1, -0.05) is 6.92 Å². The summed E-state index contributed by atoms with van der Waals surface area (Å²) in [5.74, 6) is -0.572. The summed E-state index contributed by atoms with van der Waals surface area (Å²) in [5.41, 5.74) is 5.60. The molecule has 1 aromatic carbocycles. The molecule has 5 nitrogen and oxygen atoms in total. The smallest absolute Gasteiger partial charge is 0.243 e. The molecule has 2 N–H and O–H groups in total. The maximum absolute atomic E-state index is 13.5. The van der Waals surface area contributed by atoms with E-state index in [1.807, 2.05) is 6.92 Å². The number of nitrogen functional groups attached to an aromatic ring is 1. The van der Waals surface area contributed by atoms with E-state index in [0.717, 1.165) is 6.42 Å². The van der Waals surface area contributed by atoms with Gasteiger partial charge in [-0.2, -0.15) is 4.31 Å². The third-order valence-corrected chi connectivity index (χ3v) is 5.29. The van der Waals surface area contributed by atoms with Crippen LogP contribution >= 0.6 is 0 Å². The minimum Gasteiger partial charge on any atom is -0.396 e. The fourth-order valence-electron chi connectivity index (χ4n) is 2.22. The van der Waals surface area contributed by atoms with Crippen molar-refractivity contribution in [1.29, 1.82) is 0 Å². The Morgan fingerprint density at radius 1 is 1.50 bits per heavy atom.